The molecule has 2 aromatic rings. The Labute approximate surface area is 214 Å². The summed E-state index contributed by atoms with van der Waals surface area (Å²) in [5, 5.41) is -0.733. The number of halogens is 2. The molecule has 2 aliphatic heterocycles. The lowest BCUT2D eigenvalue weighted by molar-refractivity contribution is 0.0600. The second-order valence-electron chi connectivity index (χ2n) is 8.60. The molecule has 35 heavy (non-hydrogen) atoms. The van der Waals surface area contributed by atoms with Crippen molar-refractivity contribution in [3.05, 3.63) is 58.6 Å². The van der Waals surface area contributed by atoms with Gasteiger partial charge < -0.3 is 4.74 Å². The van der Waals surface area contributed by atoms with Crippen molar-refractivity contribution in [2.75, 3.05) is 43.8 Å². The topological polar surface area (TPSA) is 83.0 Å². The Morgan fingerprint density at radius 1 is 1.26 bits per heavy atom. The summed E-state index contributed by atoms with van der Waals surface area (Å²) in [7, 11) is -2.53. The highest BCUT2D eigenvalue weighted by molar-refractivity contribution is 7.96. The van der Waals surface area contributed by atoms with Crippen molar-refractivity contribution >= 4 is 45.2 Å². The van der Waals surface area contributed by atoms with Crippen molar-refractivity contribution < 1.29 is 22.3 Å². The first kappa shape index (κ1) is 26.2. The van der Waals surface area contributed by atoms with Crippen LogP contribution in [0, 0.1) is 5.82 Å². The SMILES string of the molecule is COC(=O)c1ccc(CN(c2ccc(F)c(Cl)c2)S(=O)(=O)C2CCN(C3CN(SC)C3)CC2)nc1. The van der Waals surface area contributed by atoms with E-state index in [1.54, 1.807) is 18.0 Å². The molecule has 0 spiro atoms. The Morgan fingerprint density at radius 3 is 2.54 bits per heavy atom. The highest BCUT2D eigenvalue weighted by atomic mass is 35.5. The third kappa shape index (κ3) is 5.75. The predicted molar refractivity (Wildman–Crippen MR) is 136 cm³/mol. The van der Waals surface area contributed by atoms with Crippen LogP contribution in [0.15, 0.2) is 36.5 Å². The van der Waals surface area contributed by atoms with E-state index in [-0.39, 0.29) is 22.8 Å². The summed E-state index contributed by atoms with van der Waals surface area (Å²) in [6.07, 6.45) is 4.43. The van der Waals surface area contributed by atoms with Crippen LogP contribution in [0.4, 0.5) is 10.1 Å². The molecule has 2 saturated heterocycles. The number of pyridine rings is 1. The summed E-state index contributed by atoms with van der Waals surface area (Å²) in [6, 6.07) is 7.46. The van der Waals surface area contributed by atoms with Gasteiger partial charge in [-0.2, -0.15) is 0 Å². The van der Waals surface area contributed by atoms with E-state index in [0.29, 0.717) is 37.7 Å². The molecule has 2 aliphatic rings. The maximum atomic E-state index is 13.8. The summed E-state index contributed by atoms with van der Waals surface area (Å²) in [5.74, 6) is -1.15. The molecule has 0 bridgehead atoms. The first-order valence-corrected chi connectivity index (χ1v) is 14.3. The Hall–Kier alpha value is -1.92. The van der Waals surface area contributed by atoms with Gasteiger partial charge in [0.25, 0.3) is 0 Å². The van der Waals surface area contributed by atoms with Gasteiger partial charge in [0.2, 0.25) is 10.0 Å². The van der Waals surface area contributed by atoms with E-state index in [2.05, 4.69) is 20.4 Å². The number of rotatable bonds is 8. The zero-order chi connectivity index (χ0) is 25.2. The zero-order valence-electron chi connectivity index (χ0n) is 19.6. The number of carbonyl (C=O) groups is 1. The van der Waals surface area contributed by atoms with Gasteiger partial charge in [0, 0.05) is 25.3 Å². The standard InChI is InChI=1S/C23H28ClFN4O4S2/c1-33-23(30)16-3-4-17(26-12-16)13-29(18-5-6-22(25)21(24)11-18)35(31,32)20-7-9-27(10-8-20)19-14-28(15-19)34-2/h3-6,11-12,19-20H,7-10,13-15H2,1-2H3. The lowest BCUT2D eigenvalue weighted by Gasteiger charge is -2.46. The zero-order valence-corrected chi connectivity index (χ0v) is 22.0. The molecule has 0 N–H and O–H groups in total. The largest absolute Gasteiger partial charge is 0.465 e. The normalized spacial score (nSPS) is 18.3. The first-order chi connectivity index (χ1) is 16.7. The van der Waals surface area contributed by atoms with Crippen LogP contribution in [-0.4, -0.2) is 79.4 Å². The third-order valence-corrected chi connectivity index (χ3v) is 9.92. The Balaban J connectivity index is 1.54. The fourth-order valence-corrected chi connectivity index (χ4v) is 7.09. The number of piperidine rings is 1. The Bertz CT molecular complexity index is 1150. The van der Waals surface area contributed by atoms with Crippen LogP contribution in [-0.2, 0) is 21.3 Å². The molecule has 0 atom stereocenters. The van der Waals surface area contributed by atoms with E-state index >= 15 is 0 Å². The van der Waals surface area contributed by atoms with Crippen LogP contribution >= 0.6 is 23.5 Å². The van der Waals surface area contributed by atoms with Crippen LogP contribution in [0.5, 0.6) is 0 Å². The average Bonchev–Trinajstić information content (AvgIpc) is 2.84. The highest BCUT2D eigenvalue weighted by Crippen LogP contribution is 2.32. The number of aromatic nitrogens is 1. The maximum Gasteiger partial charge on any atom is 0.339 e. The first-order valence-electron chi connectivity index (χ1n) is 11.3. The summed E-state index contributed by atoms with van der Waals surface area (Å²) >= 11 is 7.72. The number of carbonyl (C=O) groups excluding carboxylic acids is 1. The van der Waals surface area contributed by atoms with Gasteiger partial charge in [-0.15, -0.1) is 0 Å². The number of methoxy groups -OCH3 is 1. The van der Waals surface area contributed by atoms with Gasteiger partial charge in [-0.25, -0.2) is 21.9 Å². The molecule has 0 amide bonds. The van der Waals surface area contributed by atoms with E-state index in [0.717, 1.165) is 19.2 Å². The van der Waals surface area contributed by atoms with E-state index < -0.39 is 27.1 Å². The van der Waals surface area contributed by atoms with Crippen molar-refractivity contribution in [3.8, 4) is 0 Å². The number of hydrogen-bond donors (Lipinski definition) is 0. The molecular weight excluding hydrogens is 515 g/mol. The Kier molecular flexibility index (Phi) is 8.22. The number of anilines is 1. The number of benzene rings is 1. The molecule has 1 aromatic carbocycles. The van der Waals surface area contributed by atoms with Gasteiger partial charge >= 0.3 is 5.97 Å². The molecule has 1 aromatic heterocycles. The number of nitrogens with zero attached hydrogens (tertiary/aromatic N) is 4. The van der Waals surface area contributed by atoms with Gasteiger partial charge in [0.15, 0.2) is 0 Å². The summed E-state index contributed by atoms with van der Waals surface area (Å²) < 4.78 is 49.7. The molecule has 2 fully saturated rings. The van der Waals surface area contributed by atoms with Crippen LogP contribution in [0.3, 0.4) is 0 Å². The lowest BCUT2D eigenvalue weighted by Crippen LogP contribution is -2.59. The highest BCUT2D eigenvalue weighted by Gasteiger charge is 2.39. The minimum atomic E-state index is -3.81. The molecule has 8 nitrogen and oxygen atoms in total. The molecule has 190 valence electrons. The molecule has 0 saturated carbocycles. The minimum absolute atomic E-state index is 0.0722. The number of esters is 1. The van der Waals surface area contributed by atoms with E-state index in [4.69, 9.17) is 16.3 Å². The number of likely N-dealkylation sites (tertiary alicyclic amines) is 1. The van der Waals surface area contributed by atoms with Gasteiger partial charge in [-0.05, 0) is 62.5 Å². The Morgan fingerprint density at radius 2 is 1.97 bits per heavy atom. The van der Waals surface area contributed by atoms with E-state index in [1.165, 1.54) is 35.8 Å². The van der Waals surface area contributed by atoms with E-state index in [9.17, 15) is 17.6 Å². The fraction of sp³-hybridized carbons (Fsp3) is 0.478. The fourth-order valence-electron chi connectivity index (χ4n) is 4.39. The number of sulfonamides is 1. The van der Waals surface area contributed by atoms with E-state index in [1.807, 2.05) is 0 Å². The molecule has 4 rings (SSSR count). The summed E-state index contributed by atoms with van der Waals surface area (Å²) in [5.41, 5.74) is 0.969. The van der Waals surface area contributed by atoms with Gasteiger partial charge in [0.05, 0.1) is 40.9 Å². The molecule has 12 heteroatoms. The van der Waals surface area contributed by atoms with Gasteiger partial charge in [-0.1, -0.05) is 23.5 Å². The van der Waals surface area contributed by atoms with Crippen LogP contribution in [0.25, 0.3) is 0 Å². The molecule has 3 heterocycles. The predicted octanol–water partition coefficient (Wildman–Crippen LogP) is 3.42. The minimum Gasteiger partial charge on any atom is -0.465 e. The third-order valence-electron chi connectivity index (χ3n) is 6.55. The van der Waals surface area contributed by atoms with Crippen LogP contribution in [0.2, 0.25) is 5.02 Å². The van der Waals surface area contributed by atoms with Gasteiger partial charge in [-0.3, -0.25) is 14.2 Å². The van der Waals surface area contributed by atoms with Crippen molar-refractivity contribution in [2.45, 2.75) is 30.7 Å². The van der Waals surface area contributed by atoms with Crippen LogP contribution < -0.4 is 4.31 Å². The van der Waals surface area contributed by atoms with Crippen LogP contribution in [0.1, 0.15) is 28.9 Å². The summed E-state index contributed by atoms with van der Waals surface area (Å²) in [6.45, 7) is 3.33. The monoisotopic (exact) mass is 542 g/mol. The quantitative estimate of drug-likeness (QED) is 0.371. The second-order valence-corrected chi connectivity index (χ2v) is 12.0. The molecular formula is C23H28ClFN4O4S2. The van der Waals surface area contributed by atoms with Crippen molar-refractivity contribution in [2.24, 2.45) is 0 Å². The summed E-state index contributed by atoms with van der Waals surface area (Å²) in [4.78, 5) is 18.3. The van der Waals surface area contributed by atoms with Gasteiger partial charge in [0.1, 0.15) is 5.82 Å². The van der Waals surface area contributed by atoms with Crippen molar-refractivity contribution in [1.82, 2.24) is 14.2 Å². The number of hydrogen-bond acceptors (Lipinski definition) is 8. The second kappa shape index (κ2) is 11.0. The average molecular weight is 543 g/mol. The van der Waals surface area contributed by atoms with Crippen molar-refractivity contribution in [1.29, 1.82) is 0 Å². The lowest BCUT2D eigenvalue weighted by atomic mass is 10.0. The smallest absolute Gasteiger partial charge is 0.339 e. The molecule has 0 aliphatic carbocycles. The molecule has 0 unspecified atom stereocenters. The maximum absolute atomic E-state index is 13.8. The number of ether oxygens (including phenoxy) is 1. The molecule has 0 radical (unpaired) electrons. The van der Waals surface area contributed by atoms with Crippen molar-refractivity contribution in [3.63, 3.8) is 0 Å².